The van der Waals surface area contributed by atoms with Crippen molar-refractivity contribution in [2.45, 2.75) is 44.0 Å². The van der Waals surface area contributed by atoms with Gasteiger partial charge in [0.05, 0.1) is 6.10 Å². The number of rotatable bonds is 3. The van der Waals surface area contributed by atoms with E-state index in [4.69, 9.17) is 5.11 Å². The van der Waals surface area contributed by atoms with Crippen molar-refractivity contribution in [1.82, 2.24) is 0 Å². The van der Waals surface area contributed by atoms with Gasteiger partial charge < -0.3 is 5.11 Å². The summed E-state index contributed by atoms with van der Waals surface area (Å²) in [5, 5.41) is 9.85. The van der Waals surface area contributed by atoms with Crippen LogP contribution in [-0.2, 0) is 0 Å². The van der Waals surface area contributed by atoms with Gasteiger partial charge in [0, 0.05) is 11.0 Å². The van der Waals surface area contributed by atoms with Gasteiger partial charge in [-0.05, 0) is 19.8 Å². The molecule has 1 nitrogen and oxygen atoms in total. The number of hydrogen-bond acceptors (Lipinski definition) is 2. The van der Waals surface area contributed by atoms with Crippen molar-refractivity contribution in [3.63, 3.8) is 0 Å². The molecule has 0 saturated heterocycles. The standard InChI is InChI=1S/C8H16OS/c1-7(9)6-10-8-4-2-3-5-8/h7-9H,2-6H2,1H3. The molecule has 0 aromatic heterocycles. The van der Waals surface area contributed by atoms with Gasteiger partial charge in [-0.15, -0.1) is 0 Å². The minimum atomic E-state index is -0.120. The second kappa shape index (κ2) is 4.24. The summed E-state index contributed by atoms with van der Waals surface area (Å²) in [7, 11) is 0. The SMILES string of the molecule is CC(O)CSC1CCCC1. The lowest BCUT2D eigenvalue weighted by atomic mass is 10.4. The summed E-state index contributed by atoms with van der Waals surface area (Å²) in [5.74, 6) is 0.921. The molecule has 1 rings (SSSR count). The van der Waals surface area contributed by atoms with Gasteiger partial charge in [0.15, 0.2) is 0 Å². The summed E-state index contributed by atoms with van der Waals surface area (Å²) in [6, 6.07) is 0. The third kappa shape index (κ3) is 2.93. The molecule has 1 atom stereocenters. The van der Waals surface area contributed by atoms with Crippen LogP contribution in [0.3, 0.4) is 0 Å². The highest BCUT2D eigenvalue weighted by molar-refractivity contribution is 7.99. The van der Waals surface area contributed by atoms with Crippen LogP contribution >= 0.6 is 11.8 Å². The van der Waals surface area contributed by atoms with Crippen LogP contribution in [0.5, 0.6) is 0 Å². The third-order valence-electron chi connectivity index (χ3n) is 1.88. The first kappa shape index (κ1) is 8.41. The first-order valence-electron chi connectivity index (χ1n) is 4.08. The lowest BCUT2D eigenvalue weighted by Gasteiger charge is -2.09. The molecular weight excluding hydrogens is 144 g/mol. The van der Waals surface area contributed by atoms with Crippen LogP contribution in [-0.4, -0.2) is 22.2 Å². The van der Waals surface area contributed by atoms with Gasteiger partial charge in [-0.3, -0.25) is 0 Å². The normalized spacial score (nSPS) is 23.4. The van der Waals surface area contributed by atoms with Crippen molar-refractivity contribution in [2.24, 2.45) is 0 Å². The first-order chi connectivity index (χ1) is 4.79. The fourth-order valence-corrected chi connectivity index (χ4v) is 2.55. The Labute approximate surface area is 67.2 Å². The van der Waals surface area contributed by atoms with E-state index in [0.29, 0.717) is 0 Å². The highest BCUT2D eigenvalue weighted by Crippen LogP contribution is 2.29. The maximum absolute atomic E-state index is 8.99. The van der Waals surface area contributed by atoms with Gasteiger partial charge in [-0.25, -0.2) is 0 Å². The van der Waals surface area contributed by atoms with Crippen molar-refractivity contribution in [3.05, 3.63) is 0 Å². The molecule has 0 aromatic rings. The van der Waals surface area contributed by atoms with Crippen molar-refractivity contribution in [2.75, 3.05) is 5.75 Å². The maximum atomic E-state index is 8.99. The van der Waals surface area contributed by atoms with E-state index >= 15 is 0 Å². The average molecular weight is 160 g/mol. The highest BCUT2D eigenvalue weighted by Gasteiger charge is 2.15. The molecule has 1 fully saturated rings. The van der Waals surface area contributed by atoms with Crippen molar-refractivity contribution < 1.29 is 5.11 Å². The minimum Gasteiger partial charge on any atom is -0.393 e. The van der Waals surface area contributed by atoms with Crippen LogP contribution in [0, 0.1) is 0 Å². The molecule has 1 aliphatic carbocycles. The van der Waals surface area contributed by atoms with Gasteiger partial charge in [0.2, 0.25) is 0 Å². The van der Waals surface area contributed by atoms with E-state index in [2.05, 4.69) is 0 Å². The quantitative estimate of drug-likeness (QED) is 0.682. The van der Waals surface area contributed by atoms with Crippen LogP contribution < -0.4 is 0 Å². The van der Waals surface area contributed by atoms with E-state index in [1.165, 1.54) is 25.7 Å². The Morgan fingerprint density at radius 3 is 2.60 bits per heavy atom. The van der Waals surface area contributed by atoms with Crippen LogP contribution in [0.15, 0.2) is 0 Å². The van der Waals surface area contributed by atoms with Crippen molar-refractivity contribution in [3.8, 4) is 0 Å². The molecule has 60 valence electrons. The molecule has 1 saturated carbocycles. The predicted octanol–water partition coefficient (Wildman–Crippen LogP) is 2.04. The lowest BCUT2D eigenvalue weighted by molar-refractivity contribution is 0.220. The zero-order valence-corrected chi connectivity index (χ0v) is 7.36. The predicted molar refractivity (Wildman–Crippen MR) is 46.4 cm³/mol. The number of aliphatic hydroxyl groups excluding tert-OH is 1. The average Bonchev–Trinajstić information content (AvgIpc) is 2.34. The van der Waals surface area contributed by atoms with E-state index in [1.54, 1.807) is 0 Å². The summed E-state index contributed by atoms with van der Waals surface area (Å²) in [4.78, 5) is 0. The Bertz CT molecular complexity index is 87.3. The summed E-state index contributed by atoms with van der Waals surface area (Å²) >= 11 is 1.94. The van der Waals surface area contributed by atoms with Gasteiger partial charge in [0.25, 0.3) is 0 Å². The third-order valence-corrected chi connectivity index (χ3v) is 3.49. The topological polar surface area (TPSA) is 20.2 Å². The lowest BCUT2D eigenvalue weighted by Crippen LogP contribution is -2.06. The fourth-order valence-electron chi connectivity index (χ4n) is 1.33. The van der Waals surface area contributed by atoms with E-state index < -0.39 is 0 Å². The Hall–Kier alpha value is 0.310. The second-order valence-electron chi connectivity index (χ2n) is 3.09. The number of thioether (sulfide) groups is 1. The van der Waals surface area contributed by atoms with Crippen LogP contribution in [0.4, 0.5) is 0 Å². The zero-order valence-electron chi connectivity index (χ0n) is 6.55. The Kier molecular flexibility index (Phi) is 3.57. The van der Waals surface area contributed by atoms with E-state index in [-0.39, 0.29) is 6.10 Å². The van der Waals surface area contributed by atoms with E-state index in [1.807, 2.05) is 18.7 Å². The molecule has 0 aromatic carbocycles. The summed E-state index contributed by atoms with van der Waals surface area (Å²) in [5.41, 5.74) is 0. The maximum Gasteiger partial charge on any atom is 0.0602 e. The van der Waals surface area contributed by atoms with Gasteiger partial charge >= 0.3 is 0 Å². The Morgan fingerprint density at radius 1 is 1.50 bits per heavy atom. The summed E-state index contributed by atoms with van der Waals surface area (Å²) in [6.45, 7) is 1.86. The van der Waals surface area contributed by atoms with Gasteiger partial charge in [-0.2, -0.15) is 11.8 Å². The second-order valence-corrected chi connectivity index (χ2v) is 4.42. The van der Waals surface area contributed by atoms with Crippen molar-refractivity contribution >= 4 is 11.8 Å². The molecule has 0 bridgehead atoms. The molecule has 2 heteroatoms. The zero-order chi connectivity index (χ0) is 7.40. The summed E-state index contributed by atoms with van der Waals surface area (Å²) < 4.78 is 0. The molecule has 0 radical (unpaired) electrons. The molecule has 1 N–H and O–H groups in total. The van der Waals surface area contributed by atoms with Crippen LogP contribution in [0.25, 0.3) is 0 Å². The molecule has 0 heterocycles. The minimum absolute atomic E-state index is 0.120. The largest absolute Gasteiger partial charge is 0.393 e. The van der Waals surface area contributed by atoms with Crippen LogP contribution in [0.1, 0.15) is 32.6 Å². The highest BCUT2D eigenvalue weighted by atomic mass is 32.2. The number of hydrogen-bond donors (Lipinski definition) is 1. The van der Waals surface area contributed by atoms with Crippen molar-refractivity contribution in [1.29, 1.82) is 0 Å². The molecule has 0 spiro atoms. The van der Waals surface area contributed by atoms with Crippen LogP contribution in [0.2, 0.25) is 0 Å². The molecule has 0 amide bonds. The Morgan fingerprint density at radius 2 is 2.10 bits per heavy atom. The molecule has 10 heavy (non-hydrogen) atoms. The molecular formula is C8H16OS. The van der Waals surface area contributed by atoms with Gasteiger partial charge in [-0.1, -0.05) is 12.8 Å². The van der Waals surface area contributed by atoms with E-state index in [0.717, 1.165) is 11.0 Å². The smallest absolute Gasteiger partial charge is 0.0602 e. The number of aliphatic hydroxyl groups is 1. The molecule has 0 aliphatic heterocycles. The summed E-state index contributed by atoms with van der Waals surface area (Å²) in [6.07, 6.45) is 5.43. The van der Waals surface area contributed by atoms with E-state index in [9.17, 15) is 0 Å². The first-order valence-corrected chi connectivity index (χ1v) is 5.13. The fraction of sp³-hybridized carbons (Fsp3) is 1.00. The Balaban J connectivity index is 2.01. The molecule has 1 aliphatic rings. The monoisotopic (exact) mass is 160 g/mol. The molecule has 1 unspecified atom stereocenters. The van der Waals surface area contributed by atoms with Gasteiger partial charge in [0.1, 0.15) is 0 Å².